The number of hydrogen-bond donors (Lipinski definition) is 1. The van der Waals surface area contributed by atoms with Gasteiger partial charge in [-0.2, -0.15) is 4.37 Å². The second kappa shape index (κ2) is 3.17. The molecule has 0 aliphatic heterocycles. The zero-order chi connectivity index (χ0) is 10.3. The van der Waals surface area contributed by atoms with Crippen molar-refractivity contribution in [3.8, 4) is 11.4 Å². The summed E-state index contributed by atoms with van der Waals surface area (Å²) in [6.07, 6.45) is 0. The molecule has 0 bridgehead atoms. The highest BCUT2D eigenvalue weighted by molar-refractivity contribution is 7.03. The summed E-state index contributed by atoms with van der Waals surface area (Å²) in [5.41, 5.74) is 2.76. The molecule has 0 radical (unpaired) electrons. The van der Waals surface area contributed by atoms with Gasteiger partial charge in [-0.05, 0) is 41.9 Å². The molecule has 4 heteroatoms. The number of aromatic amines is 1. The molecule has 1 aromatic carbocycles. The smallest absolute Gasteiger partial charge is 0.123 e. The lowest BCUT2D eigenvalue weighted by molar-refractivity contribution is 0.630. The average Bonchev–Trinajstić information content (AvgIpc) is 2.84. The van der Waals surface area contributed by atoms with E-state index in [2.05, 4.69) is 9.36 Å². The van der Waals surface area contributed by atoms with E-state index in [-0.39, 0.29) is 5.82 Å². The fraction of sp³-hybridized carbons (Fsp3) is 0. The number of halogens is 1. The van der Waals surface area contributed by atoms with E-state index in [4.69, 9.17) is 0 Å². The van der Waals surface area contributed by atoms with Gasteiger partial charge in [0.25, 0.3) is 0 Å². The van der Waals surface area contributed by atoms with Gasteiger partial charge in [0, 0.05) is 16.3 Å². The minimum Gasteiger partial charge on any atom is -0.353 e. The molecule has 2 nitrogen and oxygen atoms in total. The highest BCUT2D eigenvalue weighted by Crippen LogP contribution is 2.23. The maximum atomic E-state index is 13.0. The molecular weight excluding hydrogens is 211 g/mol. The molecule has 0 fully saturated rings. The summed E-state index contributed by atoms with van der Waals surface area (Å²) in [6, 6.07) is 8.55. The molecule has 0 amide bonds. The number of nitrogens with zero attached hydrogens (tertiary/aromatic N) is 1. The predicted molar refractivity (Wildman–Crippen MR) is 59.4 cm³/mol. The Bertz CT molecular complexity index is 598. The molecule has 2 heterocycles. The maximum Gasteiger partial charge on any atom is 0.123 e. The normalized spacial score (nSPS) is 11.0. The van der Waals surface area contributed by atoms with Gasteiger partial charge in [-0.25, -0.2) is 4.39 Å². The first-order valence-corrected chi connectivity index (χ1v) is 5.35. The van der Waals surface area contributed by atoms with Crippen LogP contribution in [0, 0.1) is 5.82 Å². The lowest BCUT2D eigenvalue weighted by atomic mass is 10.2. The van der Waals surface area contributed by atoms with Crippen molar-refractivity contribution in [2.75, 3.05) is 0 Å². The monoisotopic (exact) mass is 218 g/mol. The number of aromatic nitrogens is 2. The standard InChI is InChI=1S/C11H7FN2S/c12-8-1-2-9-7(5-8)6-11(13-9)10-3-4-15-14-10/h1-6,13H. The minimum absolute atomic E-state index is 0.216. The third-order valence-corrected chi connectivity index (χ3v) is 2.86. The van der Waals surface area contributed by atoms with Crippen LogP contribution < -0.4 is 0 Å². The zero-order valence-corrected chi connectivity index (χ0v) is 8.51. The maximum absolute atomic E-state index is 13.0. The Labute approximate surface area is 89.5 Å². The van der Waals surface area contributed by atoms with E-state index in [9.17, 15) is 4.39 Å². The van der Waals surface area contributed by atoms with E-state index in [1.807, 2.05) is 17.5 Å². The van der Waals surface area contributed by atoms with Gasteiger partial charge >= 0.3 is 0 Å². The first-order valence-electron chi connectivity index (χ1n) is 4.52. The molecule has 3 aromatic rings. The Morgan fingerprint density at radius 2 is 2.13 bits per heavy atom. The molecule has 0 saturated heterocycles. The summed E-state index contributed by atoms with van der Waals surface area (Å²) >= 11 is 1.40. The Balaban J connectivity index is 2.22. The van der Waals surface area contributed by atoms with Gasteiger partial charge < -0.3 is 4.98 Å². The van der Waals surface area contributed by atoms with Crippen LogP contribution in [0.1, 0.15) is 0 Å². The molecule has 1 N–H and O–H groups in total. The van der Waals surface area contributed by atoms with Crippen molar-refractivity contribution in [1.82, 2.24) is 9.36 Å². The van der Waals surface area contributed by atoms with Crippen LogP contribution >= 0.6 is 11.5 Å². The summed E-state index contributed by atoms with van der Waals surface area (Å²) < 4.78 is 17.2. The van der Waals surface area contributed by atoms with Crippen LogP contribution in [0.2, 0.25) is 0 Å². The summed E-state index contributed by atoms with van der Waals surface area (Å²) in [5.74, 6) is -0.216. The van der Waals surface area contributed by atoms with Gasteiger partial charge in [-0.1, -0.05) is 0 Å². The molecule has 0 spiro atoms. The van der Waals surface area contributed by atoms with Gasteiger partial charge in [0.2, 0.25) is 0 Å². The van der Waals surface area contributed by atoms with Crippen molar-refractivity contribution in [1.29, 1.82) is 0 Å². The van der Waals surface area contributed by atoms with Crippen molar-refractivity contribution in [3.63, 3.8) is 0 Å². The molecule has 0 unspecified atom stereocenters. The summed E-state index contributed by atoms with van der Waals surface area (Å²) in [6.45, 7) is 0. The minimum atomic E-state index is -0.216. The highest BCUT2D eigenvalue weighted by Gasteiger charge is 2.05. The fourth-order valence-electron chi connectivity index (χ4n) is 1.59. The Kier molecular flexibility index (Phi) is 1.82. The first kappa shape index (κ1) is 8.61. The lowest BCUT2D eigenvalue weighted by Gasteiger charge is -1.88. The third kappa shape index (κ3) is 1.43. The first-order chi connectivity index (χ1) is 7.33. The van der Waals surface area contributed by atoms with E-state index in [1.165, 1.54) is 23.7 Å². The number of H-pyrrole nitrogens is 1. The van der Waals surface area contributed by atoms with E-state index >= 15 is 0 Å². The molecule has 0 atom stereocenters. The van der Waals surface area contributed by atoms with Gasteiger partial charge in [-0.3, -0.25) is 0 Å². The molecule has 0 aliphatic carbocycles. The van der Waals surface area contributed by atoms with Crippen LogP contribution in [0.4, 0.5) is 4.39 Å². The van der Waals surface area contributed by atoms with Crippen LogP contribution in [0.25, 0.3) is 22.3 Å². The third-order valence-electron chi connectivity index (χ3n) is 2.30. The van der Waals surface area contributed by atoms with Crippen molar-refractivity contribution in [2.24, 2.45) is 0 Å². The molecule has 15 heavy (non-hydrogen) atoms. The van der Waals surface area contributed by atoms with Crippen LogP contribution in [-0.2, 0) is 0 Å². The van der Waals surface area contributed by atoms with Crippen molar-refractivity contribution < 1.29 is 4.39 Å². The average molecular weight is 218 g/mol. The Hall–Kier alpha value is -1.68. The summed E-state index contributed by atoms with van der Waals surface area (Å²) in [7, 11) is 0. The lowest BCUT2D eigenvalue weighted by Crippen LogP contribution is -1.74. The van der Waals surface area contributed by atoms with Crippen LogP contribution in [-0.4, -0.2) is 9.36 Å². The van der Waals surface area contributed by atoms with Crippen molar-refractivity contribution >= 4 is 22.4 Å². The molecule has 0 saturated carbocycles. The molecule has 0 aliphatic rings. The van der Waals surface area contributed by atoms with E-state index in [0.29, 0.717) is 0 Å². The largest absolute Gasteiger partial charge is 0.353 e. The number of rotatable bonds is 1. The van der Waals surface area contributed by atoms with Gasteiger partial charge in [0.15, 0.2) is 0 Å². The van der Waals surface area contributed by atoms with Gasteiger partial charge in [-0.15, -0.1) is 0 Å². The van der Waals surface area contributed by atoms with Crippen LogP contribution in [0.3, 0.4) is 0 Å². The molecule has 3 rings (SSSR count). The highest BCUT2D eigenvalue weighted by atomic mass is 32.1. The SMILES string of the molecule is Fc1ccc2[nH]c(-c3ccsn3)cc2c1. The van der Waals surface area contributed by atoms with E-state index in [0.717, 1.165) is 22.3 Å². The topological polar surface area (TPSA) is 28.7 Å². The summed E-state index contributed by atoms with van der Waals surface area (Å²) in [5, 5.41) is 2.79. The molecular formula is C11H7FN2S. The van der Waals surface area contributed by atoms with E-state index < -0.39 is 0 Å². The van der Waals surface area contributed by atoms with E-state index in [1.54, 1.807) is 6.07 Å². The van der Waals surface area contributed by atoms with Crippen molar-refractivity contribution in [2.45, 2.75) is 0 Å². The molecule has 74 valence electrons. The second-order valence-corrected chi connectivity index (χ2v) is 3.96. The van der Waals surface area contributed by atoms with Gasteiger partial charge in [0.05, 0.1) is 5.69 Å². The summed E-state index contributed by atoms with van der Waals surface area (Å²) in [4.78, 5) is 3.20. The second-order valence-electron chi connectivity index (χ2n) is 3.30. The Morgan fingerprint density at radius 1 is 1.20 bits per heavy atom. The Morgan fingerprint density at radius 3 is 2.93 bits per heavy atom. The quantitative estimate of drug-likeness (QED) is 0.666. The van der Waals surface area contributed by atoms with Crippen LogP contribution in [0.5, 0.6) is 0 Å². The predicted octanol–water partition coefficient (Wildman–Crippen LogP) is 3.43. The van der Waals surface area contributed by atoms with Crippen LogP contribution in [0.15, 0.2) is 35.7 Å². The zero-order valence-electron chi connectivity index (χ0n) is 7.70. The van der Waals surface area contributed by atoms with Gasteiger partial charge in [0.1, 0.15) is 11.5 Å². The van der Waals surface area contributed by atoms with Crippen molar-refractivity contribution in [3.05, 3.63) is 41.5 Å². The fourth-order valence-corrected chi connectivity index (χ4v) is 2.12. The number of benzene rings is 1. The number of hydrogen-bond acceptors (Lipinski definition) is 2. The molecule has 2 aromatic heterocycles. The number of nitrogens with one attached hydrogen (secondary N) is 1. The number of fused-ring (bicyclic) bond motifs is 1.